The van der Waals surface area contributed by atoms with E-state index in [2.05, 4.69) is 10.3 Å². The molecule has 1 aromatic heterocycles. The number of benzene rings is 1. The number of pyridine rings is 1. The minimum Gasteiger partial charge on any atom is -0.391 e. The molecule has 2 aromatic rings. The normalized spacial score (nSPS) is 19.4. The number of rotatable bonds is 7. The van der Waals surface area contributed by atoms with E-state index in [0.717, 1.165) is 24.4 Å². The van der Waals surface area contributed by atoms with Crippen LogP contribution < -0.4 is 10.2 Å². The third-order valence-electron chi connectivity index (χ3n) is 6.26. The van der Waals surface area contributed by atoms with Crippen LogP contribution in [-0.2, 0) is 19.1 Å². The number of aryl methyl sites for hydroxylation is 1. The SMILES string of the molecule is CN(C=N)C(=N)CCc1cc(NC2CCC2O)nc(N2Cc3c(cccc3C(F)(F)F)C2=O)c1. The number of hydrogen-bond donors (Lipinski definition) is 4. The fourth-order valence-corrected chi connectivity index (χ4v) is 4.07. The number of aliphatic hydroxyl groups excluding tert-OH is 1. The van der Waals surface area contributed by atoms with E-state index >= 15 is 0 Å². The number of halogens is 3. The molecule has 1 aliphatic carbocycles. The molecule has 2 unspecified atom stereocenters. The predicted octanol–water partition coefficient (Wildman–Crippen LogP) is 3.64. The van der Waals surface area contributed by atoms with Crippen LogP contribution in [0.2, 0.25) is 0 Å². The minimum absolute atomic E-state index is 0.000313. The van der Waals surface area contributed by atoms with Gasteiger partial charge in [0.1, 0.15) is 17.5 Å². The number of amidine groups is 1. The molecule has 2 aliphatic rings. The Hall–Kier alpha value is -3.47. The summed E-state index contributed by atoms with van der Waals surface area (Å²) in [6.07, 6.45) is -1.94. The Morgan fingerprint density at radius 1 is 1.35 bits per heavy atom. The van der Waals surface area contributed by atoms with E-state index < -0.39 is 23.8 Å². The summed E-state index contributed by atoms with van der Waals surface area (Å²) in [5.74, 6) is 0.270. The van der Waals surface area contributed by atoms with Crippen LogP contribution in [0.3, 0.4) is 0 Å². The first-order chi connectivity index (χ1) is 16.1. The summed E-state index contributed by atoms with van der Waals surface area (Å²) in [7, 11) is 1.59. The molecule has 180 valence electrons. The number of nitrogens with zero attached hydrogens (tertiary/aromatic N) is 3. The highest BCUT2D eigenvalue weighted by Gasteiger charge is 2.40. The molecule has 0 bridgehead atoms. The molecule has 2 heterocycles. The van der Waals surface area contributed by atoms with Gasteiger partial charge >= 0.3 is 6.18 Å². The molecule has 8 nitrogen and oxygen atoms in total. The summed E-state index contributed by atoms with van der Waals surface area (Å²) in [5, 5.41) is 28.4. The lowest BCUT2D eigenvalue weighted by atomic mass is 9.89. The fraction of sp³-hybridized carbons (Fsp3) is 0.391. The van der Waals surface area contributed by atoms with Crippen LogP contribution in [0.1, 0.15) is 46.3 Å². The first kappa shape index (κ1) is 23.7. The summed E-state index contributed by atoms with van der Waals surface area (Å²) in [4.78, 5) is 20.1. The summed E-state index contributed by atoms with van der Waals surface area (Å²) in [6.45, 7) is -0.252. The Morgan fingerprint density at radius 2 is 2.12 bits per heavy atom. The zero-order chi connectivity index (χ0) is 24.6. The van der Waals surface area contributed by atoms with Crippen molar-refractivity contribution in [3.63, 3.8) is 0 Å². The maximum Gasteiger partial charge on any atom is 0.416 e. The maximum absolute atomic E-state index is 13.5. The third kappa shape index (κ3) is 4.60. The molecule has 2 atom stereocenters. The number of carbonyl (C=O) groups excluding carboxylic acids is 1. The van der Waals surface area contributed by atoms with Crippen molar-refractivity contribution in [2.45, 2.75) is 50.6 Å². The van der Waals surface area contributed by atoms with E-state index in [0.29, 0.717) is 25.1 Å². The molecule has 1 amide bonds. The number of alkyl halides is 3. The smallest absolute Gasteiger partial charge is 0.391 e. The van der Waals surface area contributed by atoms with Crippen molar-refractivity contribution >= 4 is 29.7 Å². The predicted molar refractivity (Wildman–Crippen MR) is 121 cm³/mol. The number of anilines is 2. The Balaban J connectivity index is 1.65. The second-order valence-corrected chi connectivity index (χ2v) is 8.52. The van der Waals surface area contributed by atoms with Crippen LogP contribution >= 0.6 is 0 Å². The van der Waals surface area contributed by atoms with Crippen molar-refractivity contribution in [1.82, 2.24) is 9.88 Å². The lowest BCUT2D eigenvalue weighted by Gasteiger charge is -2.33. The number of carbonyl (C=O) groups is 1. The van der Waals surface area contributed by atoms with Gasteiger partial charge in [-0.25, -0.2) is 4.98 Å². The maximum atomic E-state index is 13.5. The van der Waals surface area contributed by atoms with Gasteiger partial charge in [-0.05, 0) is 54.7 Å². The number of aromatic nitrogens is 1. The summed E-state index contributed by atoms with van der Waals surface area (Å²) in [6, 6.07) is 6.77. The quantitative estimate of drug-likeness (QED) is 0.361. The Bertz CT molecular complexity index is 1140. The van der Waals surface area contributed by atoms with Gasteiger partial charge in [0.25, 0.3) is 5.91 Å². The monoisotopic (exact) mass is 474 g/mol. The number of amides is 1. The first-order valence-electron chi connectivity index (χ1n) is 10.9. The molecule has 34 heavy (non-hydrogen) atoms. The van der Waals surface area contributed by atoms with Gasteiger partial charge in [0.05, 0.1) is 30.6 Å². The lowest BCUT2D eigenvalue weighted by molar-refractivity contribution is -0.138. The summed E-state index contributed by atoms with van der Waals surface area (Å²) in [5.41, 5.74) is -0.189. The van der Waals surface area contributed by atoms with Crippen LogP contribution in [0.4, 0.5) is 24.8 Å². The van der Waals surface area contributed by atoms with Crippen LogP contribution in [0.5, 0.6) is 0 Å². The van der Waals surface area contributed by atoms with Gasteiger partial charge in [-0.15, -0.1) is 0 Å². The van der Waals surface area contributed by atoms with E-state index in [4.69, 9.17) is 10.8 Å². The summed E-state index contributed by atoms with van der Waals surface area (Å²) >= 11 is 0. The van der Waals surface area contributed by atoms with Gasteiger partial charge < -0.3 is 15.3 Å². The van der Waals surface area contributed by atoms with E-state index in [1.54, 1.807) is 19.2 Å². The topological polar surface area (TPSA) is 116 Å². The van der Waals surface area contributed by atoms with Crippen molar-refractivity contribution in [3.8, 4) is 0 Å². The number of aliphatic hydroxyl groups is 1. The van der Waals surface area contributed by atoms with E-state index in [1.807, 2.05) is 0 Å². The molecule has 0 saturated heterocycles. The largest absolute Gasteiger partial charge is 0.416 e. The van der Waals surface area contributed by atoms with Crippen molar-refractivity contribution in [1.29, 1.82) is 10.8 Å². The zero-order valence-electron chi connectivity index (χ0n) is 18.5. The Morgan fingerprint density at radius 3 is 2.74 bits per heavy atom. The average molecular weight is 474 g/mol. The highest BCUT2D eigenvalue weighted by Crippen LogP contribution is 2.38. The van der Waals surface area contributed by atoms with Gasteiger partial charge in [-0.3, -0.25) is 20.5 Å². The van der Waals surface area contributed by atoms with Crippen LogP contribution in [0.15, 0.2) is 30.3 Å². The summed E-state index contributed by atoms with van der Waals surface area (Å²) < 4.78 is 40.5. The molecule has 1 fully saturated rings. The second-order valence-electron chi connectivity index (χ2n) is 8.52. The van der Waals surface area contributed by atoms with Crippen LogP contribution in [0, 0.1) is 10.8 Å². The van der Waals surface area contributed by atoms with Gasteiger partial charge in [0.15, 0.2) is 0 Å². The Labute approximate surface area is 194 Å². The molecule has 0 radical (unpaired) electrons. The van der Waals surface area contributed by atoms with Crippen molar-refractivity contribution in [3.05, 3.63) is 52.6 Å². The second kappa shape index (κ2) is 9.05. The number of hydrogen-bond acceptors (Lipinski definition) is 6. The average Bonchev–Trinajstić information content (AvgIpc) is 3.15. The van der Waals surface area contributed by atoms with Crippen LogP contribution in [-0.4, -0.2) is 52.3 Å². The highest BCUT2D eigenvalue weighted by molar-refractivity contribution is 6.10. The van der Waals surface area contributed by atoms with E-state index in [9.17, 15) is 23.1 Å². The Kier molecular flexibility index (Phi) is 6.30. The van der Waals surface area contributed by atoms with Crippen molar-refractivity contribution < 1.29 is 23.1 Å². The lowest BCUT2D eigenvalue weighted by Crippen LogP contribution is -2.43. The molecule has 0 spiro atoms. The van der Waals surface area contributed by atoms with Crippen molar-refractivity contribution in [2.75, 3.05) is 17.3 Å². The highest BCUT2D eigenvalue weighted by atomic mass is 19.4. The first-order valence-corrected chi connectivity index (χ1v) is 10.9. The van der Waals surface area contributed by atoms with Crippen molar-refractivity contribution in [2.24, 2.45) is 0 Å². The third-order valence-corrected chi connectivity index (χ3v) is 6.26. The molecule has 4 N–H and O–H groups in total. The van der Waals surface area contributed by atoms with Gasteiger partial charge in [0.2, 0.25) is 0 Å². The number of nitrogens with one attached hydrogen (secondary N) is 3. The molecule has 11 heteroatoms. The van der Waals surface area contributed by atoms with Gasteiger partial charge in [-0.1, -0.05) is 6.07 Å². The van der Waals surface area contributed by atoms with E-state index in [-0.39, 0.29) is 35.4 Å². The molecule has 1 saturated carbocycles. The van der Waals surface area contributed by atoms with Gasteiger partial charge in [-0.2, -0.15) is 13.2 Å². The molecular weight excluding hydrogens is 449 g/mol. The van der Waals surface area contributed by atoms with Crippen LogP contribution in [0.25, 0.3) is 0 Å². The molecule has 1 aliphatic heterocycles. The zero-order valence-corrected chi connectivity index (χ0v) is 18.5. The van der Waals surface area contributed by atoms with Gasteiger partial charge in [0, 0.05) is 19.0 Å². The fourth-order valence-electron chi connectivity index (χ4n) is 4.07. The van der Waals surface area contributed by atoms with E-state index in [1.165, 1.54) is 21.9 Å². The number of fused-ring (bicyclic) bond motifs is 1. The molecule has 4 rings (SSSR count). The molecular formula is C23H25F3N6O2. The molecule has 1 aromatic carbocycles. The standard InChI is InChI=1S/C23H25F3N6O2/c1-31(12-27)19(28)8-5-13-9-20(29-17-6-7-18(17)33)30-21(10-13)32-11-15-14(22(32)34)3-2-4-16(15)23(24,25)26/h2-4,9-10,12,17-18,27-28,33H,5-8,11H2,1H3,(H,29,30). The minimum atomic E-state index is -4.58.